The van der Waals surface area contributed by atoms with Crippen LogP contribution in [0.3, 0.4) is 0 Å². The molecule has 0 aliphatic heterocycles. The van der Waals surface area contributed by atoms with Gasteiger partial charge in [0.1, 0.15) is 5.82 Å². The van der Waals surface area contributed by atoms with Gasteiger partial charge in [-0.1, -0.05) is 40.2 Å². The Labute approximate surface area is 138 Å². The lowest BCUT2D eigenvalue weighted by Gasteiger charge is -2.21. The number of hydrogen-bond donors (Lipinski definition) is 0. The highest BCUT2D eigenvalue weighted by Gasteiger charge is 2.26. The van der Waals surface area contributed by atoms with Gasteiger partial charge in [-0.25, -0.2) is 4.39 Å². The number of rotatable bonds is 2. The Bertz CT molecular complexity index is 621. The zero-order valence-corrected chi connectivity index (χ0v) is 14.0. The molecule has 1 aliphatic carbocycles. The van der Waals surface area contributed by atoms with E-state index in [2.05, 4.69) is 40.2 Å². The first-order valence-electron chi connectivity index (χ1n) is 7.30. The number of halogens is 3. The third-order valence-electron chi connectivity index (χ3n) is 4.21. The minimum Gasteiger partial charge on any atom is -0.207 e. The molecule has 0 amide bonds. The molecule has 0 radical (unpaired) electrons. The van der Waals surface area contributed by atoms with E-state index in [1.807, 2.05) is 6.07 Å². The molecule has 0 aromatic heterocycles. The Hall–Kier alpha value is -0.860. The van der Waals surface area contributed by atoms with E-state index in [0.717, 1.165) is 35.7 Å². The zero-order valence-electron chi connectivity index (χ0n) is 11.7. The summed E-state index contributed by atoms with van der Waals surface area (Å²) in [4.78, 5) is 0. The maximum absolute atomic E-state index is 13.5. The summed E-state index contributed by atoms with van der Waals surface area (Å²) < 4.78 is 14.3. The number of alkyl halides is 1. The fourth-order valence-electron chi connectivity index (χ4n) is 3.22. The summed E-state index contributed by atoms with van der Waals surface area (Å²) in [5.74, 6) is 0.156. The Balaban J connectivity index is 1.85. The molecule has 110 valence electrons. The second-order valence-corrected chi connectivity index (χ2v) is 7.12. The van der Waals surface area contributed by atoms with Gasteiger partial charge in [0, 0.05) is 4.47 Å². The topological polar surface area (TPSA) is 0 Å². The molecule has 2 aromatic carbocycles. The van der Waals surface area contributed by atoms with Crippen LogP contribution in [-0.4, -0.2) is 0 Å². The molecule has 0 bridgehead atoms. The monoisotopic (exact) mass is 366 g/mol. The fourth-order valence-corrected chi connectivity index (χ4v) is 4.16. The van der Waals surface area contributed by atoms with Gasteiger partial charge in [0.05, 0.1) is 5.38 Å². The van der Waals surface area contributed by atoms with Crippen molar-refractivity contribution in [3.63, 3.8) is 0 Å². The third-order valence-corrected chi connectivity index (χ3v) is 5.26. The van der Waals surface area contributed by atoms with Gasteiger partial charge in [0.15, 0.2) is 0 Å². The largest absolute Gasteiger partial charge is 0.207 e. The number of hydrogen-bond acceptors (Lipinski definition) is 0. The highest BCUT2D eigenvalue weighted by Crippen LogP contribution is 2.39. The van der Waals surface area contributed by atoms with Crippen molar-refractivity contribution in [1.82, 2.24) is 0 Å². The second kappa shape index (κ2) is 6.50. The predicted molar refractivity (Wildman–Crippen MR) is 89.3 cm³/mol. The van der Waals surface area contributed by atoms with Crippen LogP contribution >= 0.6 is 27.5 Å². The minimum atomic E-state index is -0.195. The minimum absolute atomic E-state index is 0.00532. The lowest BCUT2D eigenvalue weighted by atomic mass is 9.90. The zero-order chi connectivity index (χ0) is 14.8. The quantitative estimate of drug-likeness (QED) is 0.447. The van der Waals surface area contributed by atoms with Gasteiger partial charge >= 0.3 is 0 Å². The van der Waals surface area contributed by atoms with Gasteiger partial charge < -0.3 is 0 Å². The molecule has 2 atom stereocenters. The number of aryl methyl sites for hydroxylation is 1. The second-order valence-electron chi connectivity index (χ2n) is 5.73. The standard InChI is InChI=1S/C18H17BrClF/c19-15-9-12(10-16(21)11-15)8-14-6-3-5-13-4-1-2-7-17(13)18(14)20/h1-2,4,7,9-11,14,18H,3,5-6,8H2. The lowest BCUT2D eigenvalue weighted by Crippen LogP contribution is -2.11. The van der Waals surface area contributed by atoms with E-state index in [-0.39, 0.29) is 11.2 Å². The molecule has 3 rings (SSSR count). The molecule has 1 aliphatic rings. The van der Waals surface area contributed by atoms with Crippen LogP contribution in [0.1, 0.15) is 34.9 Å². The van der Waals surface area contributed by atoms with Gasteiger partial charge in [-0.15, -0.1) is 11.6 Å². The molecular weight excluding hydrogens is 351 g/mol. The van der Waals surface area contributed by atoms with Gasteiger partial charge in [0.2, 0.25) is 0 Å². The van der Waals surface area contributed by atoms with Crippen molar-refractivity contribution in [2.75, 3.05) is 0 Å². The highest BCUT2D eigenvalue weighted by molar-refractivity contribution is 9.10. The average molecular weight is 368 g/mol. The summed E-state index contributed by atoms with van der Waals surface area (Å²) in [5.41, 5.74) is 3.62. The summed E-state index contributed by atoms with van der Waals surface area (Å²) in [6.45, 7) is 0. The van der Waals surface area contributed by atoms with Crippen LogP contribution in [0.5, 0.6) is 0 Å². The van der Waals surface area contributed by atoms with Crippen molar-refractivity contribution in [2.45, 2.75) is 31.1 Å². The molecule has 0 spiro atoms. The number of benzene rings is 2. The van der Waals surface area contributed by atoms with Gasteiger partial charge in [-0.05, 0) is 66.5 Å². The molecule has 21 heavy (non-hydrogen) atoms. The first kappa shape index (κ1) is 15.1. The Kier molecular flexibility index (Phi) is 4.66. The van der Waals surface area contributed by atoms with Crippen molar-refractivity contribution < 1.29 is 4.39 Å². The van der Waals surface area contributed by atoms with Crippen molar-refractivity contribution in [2.24, 2.45) is 5.92 Å². The van der Waals surface area contributed by atoms with E-state index in [4.69, 9.17) is 11.6 Å². The summed E-state index contributed by atoms with van der Waals surface area (Å²) in [6, 6.07) is 13.5. The first-order valence-corrected chi connectivity index (χ1v) is 8.53. The average Bonchev–Trinajstić information content (AvgIpc) is 2.59. The Morgan fingerprint density at radius 3 is 2.81 bits per heavy atom. The van der Waals surface area contributed by atoms with E-state index in [0.29, 0.717) is 5.92 Å². The Morgan fingerprint density at radius 1 is 1.19 bits per heavy atom. The van der Waals surface area contributed by atoms with Gasteiger partial charge in [0.25, 0.3) is 0 Å². The van der Waals surface area contributed by atoms with Crippen LogP contribution in [0, 0.1) is 11.7 Å². The summed E-state index contributed by atoms with van der Waals surface area (Å²) in [5, 5.41) is 0.00532. The molecular formula is C18H17BrClF. The summed E-state index contributed by atoms with van der Waals surface area (Å²) in [7, 11) is 0. The van der Waals surface area contributed by atoms with E-state index in [1.165, 1.54) is 17.2 Å². The smallest absolute Gasteiger partial charge is 0.124 e. The summed E-state index contributed by atoms with van der Waals surface area (Å²) in [6.07, 6.45) is 4.12. The van der Waals surface area contributed by atoms with E-state index in [9.17, 15) is 4.39 Å². The van der Waals surface area contributed by atoms with Crippen LogP contribution in [0.4, 0.5) is 4.39 Å². The maximum Gasteiger partial charge on any atom is 0.124 e. The molecule has 0 N–H and O–H groups in total. The van der Waals surface area contributed by atoms with Crippen molar-refractivity contribution in [3.8, 4) is 0 Å². The first-order chi connectivity index (χ1) is 10.1. The highest BCUT2D eigenvalue weighted by atomic mass is 79.9. The molecule has 0 saturated heterocycles. The van der Waals surface area contributed by atoms with Crippen molar-refractivity contribution in [1.29, 1.82) is 0 Å². The van der Waals surface area contributed by atoms with Crippen molar-refractivity contribution >= 4 is 27.5 Å². The van der Waals surface area contributed by atoms with Crippen LogP contribution in [-0.2, 0) is 12.8 Å². The van der Waals surface area contributed by atoms with Crippen LogP contribution in [0.25, 0.3) is 0 Å². The van der Waals surface area contributed by atoms with Crippen molar-refractivity contribution in [3.05, 3.63) is 69.4 Å². The maximum atomic E-state index is 13.5. The van der Waals surface area contributed by atoms with Crippen LogP contribution in [0.15, 0.2) is 46.9 Å². The number of fused-ring (bicyclic) bond motifs is 1. The van der Waals surface area contributed by atoms with Gasteiger partial charge in [-0.3, -0.25) is 0 Å². The molecule has 0 saturated carbocycles. The van der Waals surface area contributed by atoms with Crippen LogP contribution < -0.4 is 0 Å². The van der Waals surface area contributed by atoms with E-state index < -0.39 is 0 Å². The SMILES string of the molecule is Fc1cc(Br)cc(CC2CCCc3ccccc3C2Cl)c1. The van der Waals surface area contributed by atoms with Crippen LogP contribution in [0.2, 0.25) is 0 Å². The van der Waals surface area contributed by atoms with E-state index in [1.54, 1.807) is 6.07 Å². The fraction of sp³-hybridized carbons (Fsp3) is 0.333. The van der Waals surface area contributed by atoms with E-state index >= 15 is 0 Å². The molecule has 0 nitrogen and oxygen atoms in total. The van der Waals surface area contributed by atoms with Gasteiger partial charge in [-0.2, -0.15) is 0 Å². The normalized spacial score (nSPS) is 21.7. The lowest BCUT2D eigenvalue weighted by molar-refractivity contribution is 0.464. The molecule has 2 aromatic rings. The molecule has 3 heteroatoms. The summed E-state index contributed by atoms with van der Waals surface area (Å²) >= 11 is 10.1. The molecule has 0 heterocycles. The third kappa shape index (κ3) is 3.49. The Morgan fingerprint density at radius 2 is 2.00 bits per heavy atom. The predicted octanol–water partition coefficient (Wildman–Crippen LogP) is 6.06. The molecule has 0 fully saturated rings. The molecule has 2 unspecified atom stereocenters.